The Morgan fingerprint density at radius 2 is 2.27 bits per heavy atom. The van der Waals surface area contributed by atoms with Crippen LogP contribution in [0.15, 0.2) is 11.6 Å². The number of rotatable bonds is 5. The molecule has 0 spiro atoms. The van der Waals surface area contributed by atoms with Gasteiger partial charge in [-0.25, -0.2) is 18.5 Å². The first-order valence-corrected chi connectivity index (χ1v) is 7.06. The van der Waals surface area contributed by atoms with Gasteiger partial charge in [0.25, 0.3) is 0 Å². The minimum Gasteiger partial charge on any atom is -0.305 e. The molecule has 0 unspecified atom stereocenters. The zero-order valence-corrected chi connectivity index (χ0v) is 10.4. The summed E-state index contributed by atoms with van der Waals surface area (Å²) in [4.78, 5) is 4.18. The van der Waals surface area contributed by atoms with Crippen LogP contribution in [0.5, 0.6) is 0 Å². The van der Waals surface area contributed by atoms with Crippen LogP contribution in [0.1, 0.15) is 18.9 Å². The van der Waals surface area contributed by atoms with Gasteiger partial charge in [-0.3, -0.25) is 0 Å². The van der Waals surface area contributed by atoms with Gasteiger partial charge in [0, 0.05) is 18.1 Å². The van der Waals surface area contributed by atoms with Crippen molar-refractivity contribution in [3.05, 3.63) is 16.6 Å². The maximum absolute atomic E-state index is 10.7. The molecular weight excluding hydrogens is 234 g/mol. The third-order valence-electron chi connectivity index (χ3n) is 1.92. The summed E-state index contributed by atoms with van der Waals surface area (Å²) < 4.78 is 21.5. The predicted molar refractivity (Wildman–Crippen MR) is 61.1 cm³/mol. The second-order valence-corrected chi connectivity index (χ2v) is 6.38. The number of nitrogens with zero attached hydrogens (tertiary/aromatic N) is 1. The summed E-state index contributed by atoms with van der Waals surface area (Å²) in [6, 6.07) is 0. The number of nitrogens with one attached hydrogen (secondary N) is 1. The minimum atomic E-state index is -3.39. The molecule has 7 heteroatoms. The fourth-order valence-corrected chi connectivity index (χ4v) is 2.24. The number of aromatic nitrogens is 1. The van der Waals surface area contributed by atoms with E-state index in [-0.39, 0.29) is 11.3 Å². The van der Waals surface area contributed by atoms with Crippen LogP contribution in [-0.4, -0.2) is 25.7 Å². The number of primary sulfonamides is 1. The maximum atomic E-state index is 10.7. The van der Waals surface area contributed by atoms with Crippen LogP contribution in [0.4, 0.5) is 0 Å². The van der Waals surface area contributed by atoms with E-state index in [1.807, 2.05) is 19.2 Å². The first-order valence-electron chi connectivity index (χ1n) is 4.47. The summed E-state index contributed by atoms with van der Waals surface area (Å²) in [5.41, 5.74) is -0.321. The normalized spacial score (nSPS) is 13.0. The molecule has 0 amide bonds. The zero-order chi connectivity index (χ0) is 11.5. The molecule has 3 N–H and O–H groups in total. The van der Waals surface area contributed by atoms with Crippen LogP contribution in [0.2, 0.25) is 0 Å². The topological polar surface area (TPSA) is 85.1 Å². The van der Waals surface area contributed by atoms with Gasteiger partial charge in [-0.1, -0.05) is 0 Å². The van der Waals surface area contributed by atoms with E-state index in [1.165, 1.54) is 11.3 Å². The van der Waals surface area contributed by atoms with Gasteiger partial charge >= 0.3 is 0 Å². The second kappa shape index (κ2) is 4.56. The molecule has 1 aromatic heterocycles. The summed E-state index contributed by atoms with van der Waals surface area (Å²) >= 11 is 1.53. The molecule has 0 fully saturated rings. The lowest BCUT2D eigenvalue weighted by Gasteiger charge is -2.23. The van der Waals surface area contributed by atoms with Crippen molar-refractivity contribution in [3.63, 3.8) is 0 Å². The largest absolute Gasteiger partial charge is 0.305 e. The van der Waals surface area contributed by atoms with E-state index in [4.69, 9.17) is 5.14 Å². The molecule has 0 atom stereocenters. The Labute approximate surface area is 93.8 Å². The molecule has 0 aliphatic heterocycles. The van der Waals surface area contributed by atoms with Gasteiger partial charge in [0.15, 0.2) is 0 Å². The first-order chi connectivity index (χ1) is 6.81. The minimum absolute atomic E-state index is 0.0677. The van der Waals surface area contributed by atoms with Gasteiger partial charge in [-0.05, 0) is 13.8 Å². The molecule has 0 saturated heterocycles. The van der Waals surface area contributed by atoms with Crippen molar-refractivity contribution < 1.29 is 8.42 Å². The highest BCUT2D eigenvalue weighted by molar-refractivity contribution is 7.89. The van der Waals surface area contributed by atoms with Crippen molar-refractivity contribution >= 4 is 21.4 Å². The maximum Gasteiger partial charge on any atom is 0.210 e. The van der Waals surface area contributed by atoms with E-state index in [9.17, 15) is 8.42 Å². The van der Waals surface area contributed by atoms with E-state index in [2.05, 4.69) is 10.3 Å². The highest BCUT2D eigenvalue weighted by atomic mass is 32.2. The number of thiazole rings is 1. The fraction of sp³-hybridized carbons (Fsp3) is 0.625. The Kier molecular flexibility index (Phi) is 3.82. The SMILES string of the molecule is CC(C)(NCCS(N)(=O)=O)c1nccs1. The summed E-state index contributed by atoms with van der Waals surface area (Å²) in [6.07, 6.45) is 1.73. The average Bonchev–Trinajstić information content (AvgIpc) is 2.52. The number of sulfonamides is 1. The zero-order valence-electron chi connectivity index (χ0n) is 8.73. The Bertz CT molecular complexity index is 398. The fourth-order valence-electron chi connectivity index (χ4n) is 1.11. The monoisotopic (exact) mass is 249 g/mol. The van der Waals surface area contributed by atoms with E-state index in [0.717, 1.165) is 5.01 Å². The molecular formula is C8H15N3O2S2. The van der Waals surface area contributed by atoms with Gasteiger partial charge < -0.3 is 5.32 Å². The molecule has 1 heterocycles. The van der Waals surface area contributed by atoms with E-state index < -0.39 is 10.0 Å². The van der Waals surface area contributed by atoms with Gasteiger partial charge in [-0.2, -0.15) is 0 Å². The molecule has 0 bridgehead atoms. The van der Waals surface area contributed by atoms with Gasteiger partial charge in [0.05, 0.1) is 11.3 Å². The van der Waals surface area contributed by atoms with Crippen LogP contribution >= 0.6 is 11.3 Å². The van der Waals surface area contributed by atoms with Crippen molar-refractivity contribution in [1.82, 2.24) is 10.3 Å². The smallest absolute Gasteiger partial charge is 0.210 e. The Balaban J connectivity index is 2.51. The van der Waals surface area contributed by atoms with Crippen LogP contribution in [0.3, 0.4) is 0 Å². The standard InChI is InChI=1S/C8H15N3O2S2/c1-8(2,7-10-3-5-14-7)11-4-6-15(9,12)13/h3,5,11H,4,6H2,1-2H3,(H2,9,12,13). The average molecular weight is 249 g/mol. The highest BCUT2D eigenvalue weighted by Crippen LogP contribution is 2.21. The summed E-state index contributed by atoms with van der Waals surface area (Å²) in [5, 5.41) is 10.8. The first kappa shape index (κ1) is 12.6. The Morgan fingerprint density at radius 1 is 1.60 bits per heavy atom. The van der Waals surface area contributed by atoms with Crippen molar-refractivity contribution in [2.75, 3.05) is 12.3 Å². The van der Waals surface area contributed by atoms with E-state index in [0.29, 0.717) is 6.54 Å². The number of hydrogen-bond donors (Lipinski definition) is 2. The lowest BCUT2D eigenvalue weighted by atomic mass is 10.1. The number of nitrogens with two attached hydrogens (primary N) is 1. The van der Waals surface area contributed by atoms with Crippen molar-refractivity contribution in [3.8, 4) is 0 Å². The molecule has 0 radical (unpaired) electrons. The van der Waals surface area contributed by atoms with Crippen molar-refractivity contribution in [2.24, 2.45) is 5.14 Å². The molecule has 0 aromatic carbocycles. The predicted octanol–water partition coefficient (Wildman–Crippen LogP) is 0.256. The Morgan fingerprint density at radius 3 is 2.73 bits per heavy atom. The third kappa shape index (κ3) is 4.25. The lowest BCUT2D eigenvalue weighted by molar-refractivity contribution is 0.413. The molecule has 5 nitrogen and oxygen atoms in total. The summed E-state index contributed by atoms with van der Waals surface area (Å²) in [7, 11) is -3.39. The molecule has 1 aromatic rings. The van der Waals surface area contributed by atoms with Crippen LogP contribution in [0, 0.1) is 0 Å². The molecule has 15 heavy (non-hydrogen) atoms. The summed E-state index contributed by atoms with van der Waals surface area (Å²) in [6.45, 7) is 4.23. The molecule has 0 saturated carbocycles. The van der Waals surface area contributed by atoms with Gasteiger partial charge in [0.2, 0.25) is 10.0 Å². The van der Waals surface area contributed by atoms with Crippen molar-refractivity contribution in [1.29, 1.82) is 0 Å². The van der Waals surface area contributed by atoms with E-state index in [1.54, 1.807) is 6.20 Å². The van der Waals surface area contributed by atoms with Crippen LogP contribution in [-0.2, 0) is 15.6 Å². The number of hydrogen-bond acceptors (Lipinski definition) is 5. The van der Waals surface area contributed by atoms with Gasteiger partial charge in [0.1, 0.15) is 5.01 Å². The quantitative estimate of drug-likeness (QED) is 0.783. The van der Waals surface area contributed by atoms with Crippen LogP contribution < -0.4 is 10.5 Å². The molecule has 0 aliphatic carbocycles. The second-order valence-electron chi connectivity index (χ2n) is 3.76. The highest BCUT2D eigenvalue weighted by Gasteiger charge is 2.22. The van der Waals surface area contributed by atoms with Gasteiger partial charge in [-0.15, -0.1) is 11.3 Å². The molecule has 1 rings (SSSR count). The lowest BCUT2D eigenvalue weighted by Crippen LogP contribution is -2.40. The van der Waals surface area contributed by atoms with E-state index >= 15 is 0 Å². The van der Waals surface area contributed by atoms with Crippen LogP contribution in [0.25, 0.3) is 0 Å². The molecule has 86 valence electrons. The molecule has 0 aliphatic rings. The third-order valence-corrected chi connectivity index (χ3v) is 3.79. The summed E-state index contributed by atoms with van der Waals surface area (Å²) in [5.74, 6) is -0.0677. The Hall–Kier alpha value is -0.500. The van der Waals surface area contributed by atoms with Crippen molar-refractivity contribution in [2.45, 2.75) is 19.4 Å².